The first kappa shape index (κ1) is 30.5. The van der Waals surface area contributed by atoms with Crippen LogP contribution in [0.25, 0.3) is 0 Å². The molecule has 180 valence electrons. The first-order valence-corrected chi connectivity index (χ1v) is 13.8. The van der Waals surface area contributed by atoms with Gasteiger partial charge in [-0.1, -0.05) is 135 Å². The molecule has 0 fully saturated rings. The Morgan fingerprint density at radius 3 is 0.853 bits per heavy atom. The van der Waals surface area contributed by atoms with Crippen LogP contribution in [0.2, 0.25) is 0 Å². The van der Waals surface area contributed by atoms with Crippen LogP contribution in [-0.2, 0) is 21.1 Å². The molecule has 0 radical (unpaired) electrons. The maximum Gasteiger partial charge on any atom is 2.00 e. The van der Waals surface area contributed by atoms with E-state index in [1.807, 2.05) is 0 Å². The summed E-state index contributed by atoms with van der Waals surface area (Å²) in [5.41, 5.74) is 1.21. The quantitative estimate of drug-likeness (QED) is 0.137. The van der Waals surface area contributed by atoms with Crippen LogP contribution < -0.4 is 21.2 Å². The van der Waals surface area contributed by atoms with Crippen molar-refractivity contribution < 1.29 is 21.1 Å². The van der Waals surface area contributed by atoms with Gasteiger partial charge >= 0.3 is 21.1 Å². The second kappa shape index (κ2) is 15.4. The van der Waals surface area contributed by atoms with E-state index in [4.69, 9.17) is 0 Å². The topological polar surface area (TPSA) is 0 Å². The fourth-order valence-corrected chi connectivity index (χ4v) is 10.2. The van der Waals surface area contributed by atoms with Crippen LogP contribution in [0.1, 0.15) is 20.3 Å². The molecular formula is C31H36P2Pt. The SMILES string of the molecule is C[C@@H](C[C@H](C)P(c1ccccc1)c1ccccc1)P(c1ccccc1)c1ccccc1.[CH3-].[CH3-].[Pt+2]. The first-order valence-electron chi connectivity index (χ1n) is 11.0. The van der Waals surface area contributed by atoms with Crippen LogP contribution in [0.4, 0.5) is 0 Å². The molecule has 34 heavy (non-hydrogen) atoms. The van der Waals surface area contributed by atoms with Crippen molar-refractivity contribution in [1.29, 1.82) is 0 Å². The van der Waals surface area contributed by atoms with E-state index in [1.54, 1.807) is 0 Å². The summed E-state index contributed by atoms with van der Waals surface area (Å²) in [6.07, 6.45) is 1.21. The molecule has 0 heterocycles. The Labute approximate surface area is 225 Å². The van der Waals surface area contributed by atoms with Crippen molar-refractivity contribution in [2.24, 2.45) is 0 Å². The largest absolute Gasteiger partial charge is 2.00 e. The van der Waals surface area contributed by atoms with Crippen molar-refractivity contribution in [3.05, 3.63) is 136 Å². The molecule has 2 atom stereocenters. The first-order chi connectivity index (χ1) is 15.2. The van der Waals surface area contributed by atoms with Gasteiger partial charge in [0.1, 0.15) is 0 Å². The Morgan fingerprint density at radius 2 is 0.647 bits per heavy atom. The zero-order valence-corrected chi connectivity index (χ0v) is 24.7. The minimum atomic E-state index is -0.397. The van der Waals surface area contributed by atoms with Crippen molar-refractivity contribution in [3.8, 4) is 0 Å². The number of hydrogen-bond acceptors (Lipinski definition) is 0. The fourth-order valence-electron chi connectivity index (χ4n) is 4.37. The predicted octanol–water partition coefficient (Wildman–Crippen LogP) is 7.32. The molecule has 0 saturated heterocycles. The van der Waals surface area contributed by atoms with Crippen molar-refractivity contribution in [2.45, 2.75) is 31.6 Å². The van der Waals surface area contributed by atoms with Crippen molar-refractivity contribution in [1.82, 2.24) is 0 Å². The molecule has 0 aliphatic heterocycles. The van der Waals surface area contributed by atoms with Crippen LogP contribution in [0.3, 0.4) is 0 Å². The van der Waals surface area contributed by atoms with Gasteiger partial charge in [0.2, 0.25) is 0 Å². The molecule has 0 spiro atoms. The summed E-state index contributed by atoms with van der Waals surface area (Å²) in [4.78, 5) is 0. The molecule has 3 heteroatoms. The fraction of sp³-hybridized carbons (Fsp3) is 0.161. The van der Waals surface area contributed by atoms with Gasteiger partial charge in [-0.3, -0.25) is 0 Å². The van der Waals surface area contributed by atoms with E-state index >= 15 is 0 Å². The Hall–Kier alpha value is -1.57. The van der Waals surface area contributed by atoms with E-state index < -0.39 is 15.8 Å². The molecule has 0 nitrogen and oxygen atoms in total. The monoisotopic (exact) mass is 665 g/mol. The van der Waals surface area contributed by atoms with E-state index in [9.17, 15) is 0 Å². The van der Waals surface area contributed by atoms with Gasteiger partial charge in [0, 0.05) is 0 Å². The summed E-state index contributed by atoms with van der Waals surface area (Å²) in [5.74, 6) is 0. The standard InChI is InChI=1S/C29H30P2.2CH3.Pt/c1-24(30(26-15-7-3-8-16-26)27-17-9-4-10-18-27)23-25(2)31(28-19-11-5-12-20-28)29-21-13-6-14-22-29;;;/h3-22,24-25H,23H2,1-2H3;2*1H3;/q;2*-1;+2/t24-,25-;;;/m0.../s1. The average Bonchev–Trinajstić information content (AvgIpc) is 2.82. The Balaban J connectivity index is 0.00000193. The van der Waals surface area contributed by atoms with Gasteiger partial charge in [0.25, 0.3) is 0 Å². The molecule has 4 aromatic carbocycles. The molecule has 0 amide bonds. The van der Waals surface area contributed by atoms with Crippen LogP contribution in [0, 0.1) is 14.9 Å². The smallest absolute Gasteiger partial charge is 0.358 e. The van der Waals surface area contributed by atoms with Crippen LogP contribution in [0.5, 0.6) is 0 Å². The van der Waals surface area contributed by atoms with Crippen molar-refractivity contribution >= 4 is 37.1 Å². The second-order valence-electron chi connectivity index (χ2n) is 8.02. The minimum Gasteiger partial charge on any atom is -0.358 e. The number of benzene rings is 4. The zero-order valence-electron chi connectivity index (χ0n) is 20.6. The maximum absolute atomic E-state index is 2.46. The van der Waals surface area contributed by atoms with Gasteiger partial charge in [0.05, 0.1) is 0 Å². The summed E-state index contributed by atoms with van der Waals surface area (Å²) in [5, 5.41) is 5.92. The molecule has 4 aromatic rings. The Kier molecular flexibility index (Phi) is 13.8. The van der Waals surface area contributed by atoms with Gasteiger partial charge in [-0.25, -0.2) is 0 Å². The van der Waals surface area contributed by atoms with Crippen LogP contribution in [-0.4, -0.2) is 11.3 Å². The second-order valence-corrected chi connectivity index (χ2v) is 13.3. The van der Waals surface area contributed by atoms with E-state index in [-0.39, 0.29) is 35.9 Å². The van der Waals surface area contributed by atoms with Gasteiger partial charge < -0.3 is 14.9 Å². The molecule has 0 bridgehead atoms. The van der Waals surface area contributed by atoms with Crippen molar-refractivity contribution in [3.63, 3.8) is 0 Å². The summed E-state index contributed by atoms with van der Waals surface area (Å²) in [6.45, 7) is 4.93. The summed E-state index contributed by atoms with van der Waals surface area (Å²) < 4.78 is 0. The summed E-state index contributed by atoms with van der Waals surface area (Å²) >= 11 is 0. The van der Waals surface area contributed by atoms with E-state index in [0.717, 1.165) is 0 Å². The summed E-state index contributed by atoms with van der Waals surface area (Å²) in [6, 6.07) is 44.5. The Morgan fingerprint density at radius 1 is 0.441 bits per heavy atom. The normalized spacial score (nSPS) is 12.1. The average molecular weight is 666 g/mol. The molecule has 0 aliphatic carbocycles. The van der Waals surface area contributed by atoms with E-state index in [2.05, 4.69) is 135 Å². The minimum absolute atomic E-state index is 0. The van der Waals surface area contributed by atoms with Gasteiger partial charge in [0.15, 0.2) is 0 Å². The van der Waals surface area contributed by atoms with Gasteiger partial charge in [-0.2, -0.15) is 0 Å². The van der Waals surface area contributed by atoms with Crippen LogP contribution in [0.15, 0.2) is 121 Å². The Bertz CT molecular complexity index is 874. The molecular weight excluding hydrogens is 629 g/mol. The van der Waals surface area contributed by atoms with Gasteiger partial charge in [-0.05, 0) is 54.8 Å². The van der Waals surface area contributed by atoms with E-state index in [1.165, 1.54) is 27.6 Å². The number of hydrogen-bond donors (Lipinski definition) is 0. The molecule has 0 aliphatic rings. The summed E-state index contributed by atoms with van der Waals surface area (Å²) in [7, 11) is -0.794. The van der Waals surface area contributed by atoms with Crippen LogP contribution >= 0.6 is 15.8 Å². The predicted molar refractivity (Wildman–Crippen MR) is 155 cm³/mol. The molecule has 0 saturated carbocycles. The zero-order chi connectivity index (χ0) is 21.5. The van der Waals surface area contributed by atoms with E-state index in [0.29, 0.717) is 11.3 Å². The number of rotatable bonds is 8. The molecule has 0 aromatic heterocycles. The maximum atomic E-state index is 2.46. The third kappa shape index (κ3) is 7.72. The third-order valence-corrected chi connectivity index (χ3v) is 11.3. The van der Waals surface area contributed by atoms with Crippen molar-refractivity contribution in [2.75, 3.05) is 0 Å². The molecule has 0 unspecified atom stereocenters. The molecule has 0 N–H and O–H groups in total. The third-order valence-electron chi connectivity index (χ3n) is 5.70. The van der Waals surface area contributed by atoms with Gasteiger partial charge in [-0.15, -0.1) is 0 Å². The molecule has 4 rings (SSSR count).